The summed E-state index contributed by atoms with van der Waals surface area (Å²) in [7, 11) is 0. The van der Waals surface area contributed by atoms with E-state index in [0.29, 0.717) is 24.4 Å². The summed E-state index contributed by atoms with van der Waals surface area (Å²) in [4.78, 5) is 28.5. The van der Waals surface area contributed by atoms with Gasteiger partial charge in [0.15, 0.2) is 11.5 Å². The number of hydrogen-bond donors (Lipinski definition) is 0. The summed E-state index contributed by atoms with van der Waals surface area (Å²) in [6, 6.07) is 18.6. The van der Waals surface area contributed by atoms with Crippen molar-refractivity contribution in [2.75, 3.05) is 13.1 Å². The third-order valence-corrected chi connectivity index (χ3v) is 5.23. The number of carbonyl (C=O) groups is 2. The Labute approximate surface area is 207 Å². The molecule has 0 N–H and O–H groups in total. The fourth-order valence-electron chi connectivity index (χ4n) is 3.52. The average molecular weight is 482 g/mol. The first kappa shape index (κ1) is 27.8. The largest absolute Gasteiger partial charge is 0.355 e. The first-order valence-corrected chi connectivity index (χ1v) is 12.0. The van der Waals surface area contributed by atoms with Crippen molar-refractivity contribution in [1.82, 2.24) is 15.0 Å². The van der Waals surface area contributed by atoms with E-state index in [1.807, 2.05) is 50.2 Å². The van der Waals surface area contributed by atoms with Crippen LogP contribution >= 0.6 is 0 Å². The summed E-state index contributed by atoms with van der Waals surface area (Å²) < 4.78 is 18.2. The Hall–Kier alpha value is -3.48. The minimum atomic E-state index is -0.547. The molecule has 1 fully saturated rings. The maximum absolute atomic E-state index is 13.0. The van der Waals surface area contributed by atoms with E-state index < -0.39 is 6.04 Å². The van der Waals surface area contributed by atoms with Gasteiger partial charge in [0.2, 0.25) is 5.91 Å². The van der Waals surface area contributed by atoms with Crippen molar-refractivity contribution in [3.8, 4) is 11.3 Å². The maximum Gasteiger partial charge on any atom is 0.276 e. The fraction of sp³-hybridized carbons (Fsp3) is 0.393. The van der Waals surface area contributed by atoms with E-state index in [2.05, 4.69) is 25.9 Å². The molecule has 1 aliphatic heterocycles. The lowest BCUT2D eigenvalue weighted by atomic mass is 10.1. The standard InChI is InChI=1S/C18H20FN3O3.C6H6.C4H10/c1-4-21-11(2)10-22(12(3)17(21)23)18(24)15-9-16(25-20-15)13-5-7-14(19)8-6-13;1-2-4-6-5-3-1;1-4(2)3/h5-9,11-12H,4,10H2,1-3H3;1-6H;4H,1-3H3. The summed E-state index contributed by atoms with van der Waals surface area (Å²) in [5.74, 6) is 0.440. The first-order valence-electron chi connectivity index (χ1n) is 12.0. The minimum absolute atomic E-state index is 0.0545. The number of hydrogen-bond acceptors (Lipinski definition) is 4. The molecule has 188 valence electrons. The Bertz CT molecular complexity index is 1020. The van der Waals surface area contributed by atoms with E-state index in [1.165, 1.54) is 23.1 Å². The summed E-state index contributed by atoms with van der Waals surface area (Å²) in [6.45, 7) is 13.1. The Morgan fingerprint density at radius 1 is 1.06 bits per heavy atom. The normalized spacial score (nSPS) is 17.3. The van der Waals surface area contributed by atoms with Crippen LogP contribution in [0.3, 0.4) is 0 Å². The molecule has 2 unspecified atom stereocenters. The van der Waals surface area contributed by atoms with E-state index in [4.69, 9.17) is 4.52 Å². The lowest BCUT2D eigenvalue weighted by Gasteiger charge is -2.42. The van der Waals surface area contributed by atoms with Gasteiger partial charge < -0.3 is 14.3 Å². The molecule has 0 spiro atoms. The molecule has 2 heterocycles. The third kappa shape index (κ3) is 8.05. The van der Waals surface area contributed by atoms with Crippen LogP contribution in [0.15, 0.2) is 71.3 Å². The number of carbonyl (C=O) groups excluding carboxylic acids is 2. The molecule has 2 amide bonds. The average Bonchev–Trinajstić information content (AvgIpc) is 3.33. The van der Waals surface area contributed by atoms with Crippen molar-refractivity contribution >= 4 is 11.8 Å². The molecule has 4 rings (SSSR count). The van der Waals surface area contributed by atoms with Crippen LogP contribution in [0.5, 0.6) is 0 Å². The molecular formula is C28H36FN3O3. The van der Waals surface area contributed by atoms with Crippen LogP contribution in [-0.2, 0) is 4.79 Å². The Morgan fingerprint density at radius 2 is 1.57 bits per heavy atom. The predicted molar refractivity (Wildman–Crippen MR) is 136 cm³/mol. The molecule has 2 atom stereocenters. The second-order valence-electron chi connectivity index (χ2n) is 9.08. The maximum atomic E-state index is 13.0. The Kier molecular flexibility index (Phi) is 10.6. The van der Waals surface area contributed by atoms with E-state index >= 15 is 0 Å². The number of rotatable bonds is 3. The molecule has 0 aliphatic carbocycles. The van der Waals surface area contributed by atoms with Crippen LogP contribution in [0.25, 0.3) is 11.3 Å². The number of aromatic nitrogens is 1. The summed E-state index contributed by atoms with van der Waals surface area (Å²) in [6.07, 6.45) is 0. The smallest absolute Gasteiger partial charge is 0.276 e. The number of likely N-dealkylation sites (N-methyl/N-ethyl adjacent to an activating group) is 1. The number of amides is 2. The predicted octanol–water partition coefficient (Wildman–Crippen LogP) is 5.91. The molecular weight excluding hydrogens is 445 g/mol. The number of halogens is 1. The van der Waals surface area contributed by atoms with Gasteiger partial charge >= 0.3 is 0 Å². The fourth-order valence-corrected chi connectivity index (χ4v) is 3.52. The van der Waals surface area contributed by atoms with Crippen LogP contribution in [0.1, 0.15) is 52.0 Å². The molecule has 3 aromatic rings. The first-order chi connectivity index (χ1) is 16.6. The van der Waals surface area contributed by atoms with Gasteiger partial charge in [-0.3, -0.25) is 9.59 Å². The van der Waals surface area contributed by atoms with E-state index in [1.54, 1.807) is 24.0 Å². The van der Waals surface area contributed by atoms with Gasteiger partial charge in [-0.1, -0.05) is 62.3 Å². The minimum Gasteiger partial charge on any atom is -0.355 e. The van der Waals surface area contributed by atoms with Crippen molar-refractivity contribution in [2.45, 2.75) is 53.6 Å². The highest BCUT2D eigenvalue weighted by atomic mass is 19.1. The Morgan fingerprint density at radius 3 is 2.06 bits per heavy atom. The van der Waals surface area contributed by atoms with E-state index in [-0.39, 0.29) is 29.4 Å². The van der Waals surface area contributed by atoms with Gasteiger partial charge in [-0.05, 0) is 51.0 Å². The van der Waals surface area contributed by atoms with Crippen LogP contribution in [-0.4, -0.2) is 51.9 Å². The summed E-state index contributed by atoms with van der Waals surface area (Å²) >= 11 is 0. The zero-order valence-corrected chi connectivity index (χ0v) is 21.4. The number of piperazine rings is 1. The van der Waals surface area contributed by atoms with Crippen LogP contribution in [0, 0.1) is 11.7 Å². The topological polar surface area (TPSA) is 66.7 Å². The number of benzene rings is 2. The number of nitrogens with zero attached hydrogens (tertiary/aromatic N) is 3. The zero-order valence-electron chi connectivity index (χ0n) is 21.4. The quantitative estimate of drug-likeness (QED) is 0.466. The van der Waals surface area contributed by atoms with Crippen molar-refractivity contribution in [2.24, 2.45) is 5.92 Å². The molecule has 7 heteroatoms. The molecule has 35 heavy (non-hydrogen) atoms. The molecule has 1 aliphatic rings. The van der Waals surface area contributed by atoms with Crippen LogP contribution in [0.4, 0.5) is 4.39 Å². The van der Waals surface area contributed by atoms with Crippen LogP contribution in [0.2, 0.25) is 0 Å². The van der Waals surface area contributed by atoms with Gasteiger partial charge in [0, 0.05) is 30.8 Å². The Balaban J connectivity index is 0.000000360. The van der Waals surface area contributed by atoms with Crippen molar-refractivity contribution in [3.63, 3.8) is 0 Å². The van der Waals surface area contributed by atoms with Gasteiger partial charge in [0.1, 0.15) is 11.9 Å². The van der Waals surface area contributed by atoms with Gasteiger partial charge in [-0.25, -0.2) is 4.39 Å². The van der Waals surface area contributed by atoms with Crippen molar-refractivity contribution < 1.29 is 18.5 Å². The van der Waals surface area contributed by atoms with Gasteiger partial charge in [0.05, 0.1) is 0 Å². The summed E-state index contributed by atoms with van der Waals surface area (Å²) in [5.41, 5.74) is 0.761. The zero-order chi connectivity index (χ0) is 26.0. The molecule has 0 bridgehead atoms. The second kappa shape index (κ2) is 13.4. The monoisotopic (exact) mass is 481 g/mol. The second-order valence-corrected chi connectivity index (χ2v) is 9.08. The SMILES string of the molecule is CC(C)C.CCN1C(=O)C(C)N(C(=O)c2cc(-c3ccc(F)cc3)on2)CC1C.c1ccccc1. The molecule has 1 saturated heterocycles. The molecule has 0 saturated carbocycles. The van der Waals surface area contributed by atoms with E-state index in [0.717, 1.165) is 5.92 Å². The molecule has 6 nitrogen and oxygen atoms in total. The highest BCUT2D eigenvalue weighted by Crippen LogP contribution is 2.23. The highest BCUT2D eigenvalue weighted by molar-refractivity contribution is 5.97. The van der Waals surface area contributed by atoms with Gasteiger partial charge in [-0.15, -0.1) is 0 Å². The van der Waals surface area contributed by atoms with E-state index in [9.17, 15) is 14.0 Å². The van der Waals surface area contributed by atoms with Crippen LogP contribution < -0.4 is 0 Å². The molecule has 1 aromatic heterocycles. The lowest BCUT2D eigenvalue weighted by molar-refractivity contribution is -0.142. The molecule has 0 radical (unpaired) electrons. The molecule has 2 aromatic carbocycles. The van der Waals surface area contributed by atoms with Gasteiger partial charge in [0.25, 0.3) is 5.91 Å². The highest BCUT2D eigenvalue weighted by Gasteiger charge is 2.38. The van der Waals surface area contributed by atoms with Crippen molar-refractivity contribution in [3.05, 3.63) is 78.2 Å². The van der Waals surface area contributed by atoms with Gasteiger partial charge in [-0.2, -0.15) is 0 Å². The third-order valence-electron chi connectivity index (χ3n) is 5.23. The summed E-state index contributed by atoms with van der Waals surface area (Å²) in [5, 5.41) is 3.83. The van der Waals surface area contributed by atoms with Crippen molar-refractivity contribution in [1.29, 1.82) is 0 Å². The lowest BCUT2D eigenvalue weighted by Crippen LogP contribution is -2.61.